The highest BCUT2D eigenvalue weighted by Gasteiger charge is 2.20. The summed E-state index contributed by atoms with van der Waals surface area (Å²) < 4.78 is 35.3. The van der Waals surface area contributed by atoms with Crippen molar-refractivity contribution in [1.29, 1.82) is 0 Å². The first-order chi connectivity index (χ1) is 18.0. The zero-order valence-corrected chi connectivity index (χ0v) is 20.5. The number of ether oxygens (including phenoxy) is 1. The maximum absolute atomic E-state index is 15.1. The molecule has 0 spiro atoms. The molecule has 2 aromatic heterocycles. The fourth-order valence-electron chi connectivity index (χ4n) is 4.46. The Balaban J connectivity index is 1.38. The lowest BCUT2D eigenvalue weighted by Gasteiger charge is -2.35. The second-order valence-corrected chi connectivity index (χ2v) is 8.77. The highest BCUT2D eigenvalue weighted by Crippen LogP contribution is 2.37. The van der Waals surface area contributed by atoms with Crippen molar-refractivity contribution in [3.8, 4) is 11.6 Å². The molecule has 1 fully saturated rings. The molecule has 37 heavy (non-hydrogen) atoms. The van der Waals surface area contributed by atoms with Crippen molar-refractivity contribution in [2.24, 2.45) is 0 Å². The SMILES string of the molecule is CCN1CCN(c2ccc(Nc3ncnc(Oc4cc(F)c5[nH]c(C)cc5c4F)c3NC=O)cc2)CC1. The average molecular weight is 508 g/mol. The maximum Gasteiger partial charge on any atom is 0.248 e. The molecule has 1 aliphatic heterocycles. The lowest BCUT2D eigenvalue weighted by Crippen LogP contribution is -2.46. The van der Waals surface area contributed by atoms with Crippen molar-refractivity contribution in [1.82, 2.24) is 19.9 Å². The molecule has 0 radical (unpaired) electrons. The van der Waals surface area contributed by atoms with Crippen molar-refractivity contribution in [3.05, 3.63) is 60.1 Å². The molecule has 3 N–H and O–H groups in total. The van der Waals surface area contributed by atoms with E-state index in [1.807, 2.05) is 24.3 Å². The van der Waals surface area contributed by atoms with E-state index in [4.69, 9.17) is 4.74 Å². The molecular formula is C26H27F2N7O2. The summed E-state index contributed by atoms with van der Waals surface area (Å²) >= 11 is 0. The number of likely N-dealkylation sites (N-methyl/N-ethyl adjacent to an activating group) is 1. The summed E-state index contributed by atoms with van der Waals surface area (Å²) in [5.74, 6) is -1.69. The fourth-order valence-corrected chi connectivity index (χ4v) is 4.46. The second kappa shape index (κ2) is 10.4. The minimum atomic E-state index is -0.749. The van der Waals surface area contributed by atoms with E-state index < -0.39 is 11.6 Å². The van der Waals surface area contributed by atoms with Gasteiger partial charge in [0.25, 0.3) is 0 Å². The predicted molar refractivity (Wildman–Crippen MR) is 139 cm³/mol. The predicted octanol–water partition coefficient (Wildman–Crippen LogP) is 4.79. The number of hydrogen-bond acceptors (Lipinski definition) is 7. The standard InChI is InChI=1S/C26H27F2N7O2/c1-3-34-8-10-35(11-9-34)18-6-4-17(5-7-18)33-25-24(31-15-36)26(30-14-29-25)37-21-13-20(27)23-19(22(21)28)12-16(2)32-23/h4-7,12-15,32H,3,8-11H2,1-2H3,(H,31,36)(H,29,30,33). The molecule has 9 nitrogen and oxygen atoms in total. The summed E-state index contributed by atoms with van der Waals surface area (Å²) in [6, 6.07) is 10.3. The molecular weight excluding hydrogens is 480 g/mol. The minimum absolute atomic E-state index is 0.0503. The Kier molecular flexibility index (Phi) is 6.87. The van der Waals surface area contributed by atoms with Crippen LogP contribution in [0.15, 0.2) is 42.7 Å². The topological polar surface area (TPSA) is 98.4 Å². The number of rotatable bonds is 8. The zero-order chi connectivity index (χ0) is 25.9. The van der Waals surface area contributed by atoms with Gasteiger partial charge in [-0.1, -0.05) is 6.92 Å². The van der Waals surface area contributed by atoms with E-state index in [0.717, 1.165) is 50.2 Å². The number of nitrogens with one attached hydrogen (secondary N) is 3. The fraction of sp³-hybridized carbons (Fsp3) is 0.269. The Labute approximate surface area is 212 Å². The van der Waals surface area contributed by atoms with Gasteiger partial charge in [0.15, 0.2) is 23.2 Å². The van der Waals surface area contributed by atoms with Gasteiger partial charge in [0.2, 0.25) is 12.3 Å². The van der Waals surface area contributed by atoms with E-state index >= 15 is 4.39 Å². The summed E-state index contributed by atoms with van der Waals surface area (Å²) in [5.41, 5.74) is 2.58. The monoisotopic (exact) mass is 507 g/mol. The van der Waals surface area contributed by atoms with Crippen LogP contribution in [0.5, 0.6) is 11.6 Å². The van der Waals surface area contributed by atoms with Crippen molar-refractivity contribution in [3.63, 3.8) is 0 Å². The molecule has 0 atom stereocenters. The normalized spacial score (nSPS) is 14.1. The zero-order valence-electron chi connectivity index (χ0n) is 20.5. The molecule has 0 saturated carbocycles. The maximum atomic E-state index is 15.1. The molecule has 11 heteroatoms. The number of fused-ring (bicyclic) bond motifs is 1. The number of piperazine rings is 1. The van der Waals surface area contributed by atoms with Crippen molar-refractivity contribution in [2.75, 3.05) is 48.3 Å². The van der Waals surface area contributed by atoms with Crippen LogP contribution in [-0.2, 0) is 4.79 Å². The highest BCUT2D eigenvalue weighted by molar-refractivity contribution is 5.86. The molecule has 192 valence electrons. The number of aryl methyl sites for hydroxylation is 1. The van der Waals surface area contributed by atoms with Gasteiger partial charge in [0.1, 0.15) is 12.0 Å². The van der Waals surface area contributed by atoms with Crippen LogP contribution in [0.3, 0.4) is 0 Å². The van der Waals surface area contributed by atoms with Gasteiger partial charge in [-0.2, -0.15) is 4.98 Å². The Hall–Kier alpha value is -4.25. The number of carbonyl (C=O) groups is 1. The smallest absolute Gasteiger partial charge is 0.248 e. The number of amides is 1. The van der Waals surface area contributed by atoms with Crippen LogP contribution in [0.25, 0.3) is 10.9 Å². The van der Waals surface area contributed by atoms with Crippen LogP contribution in [0.4, 0.5) is 31.7 Å². The molecule has 4 aromatic rings. The number of aromatic nitrogens is 3. The van der Waals surface area contributed by atoms with Crippen molar-refractivity contribution >= 4 is 40.2 Å². The third-order valence-electron chi connectivity index (χ3n) is 6.44. The first kappa shape index (κ1) is 24.4. The van der Waals surface area contributed by atoms with Crippen molar-refractivity contribution in [2.45, 2.75) is 13.8 Å². The lowest BCUT2D eigenvalue weighted by molar-refractivity contribution is -0.105. The summed E-state index contributed by atoms with van der Waals surface area (Å²) in [7, 11) is 0. The lowest BCUT2D eigenvalue weighted by atomic mass is 10.2. The third-order valence-corrected chi connectivity index (χ3v) is 6.44. The van der Waals surface area contributed by atoms with E-state index in [1.165, 1.54) is 12.4 Å². The number of carbonyl (C=O) groups excluding carboxylic acids is 1. The summed E-state index contributed by atoms with van der Waals surface area (Å²) in [4.78, 5) is 27.1. The summed E-state index contributed by atoms with van der Waals surface area (Å²) in [5, 5.41) is 5.70. The van der Waals surface area contributed by atoms with E-state index in [-0.39, 0.29) is 34.0 Å². The summed E-state index contributed by atoms with van der Waals surface area (Å²) in [6.07, 6.45) is 1.65. The molecule has 1 aliphatic rings. The third kappa shape index (κ3) is 5.03. The first-order valence-electron chi connectivity index (χ1n) is 12.0. The second-order valence-electron chi connectivity index (χ2n) is 8.77. The van der Waals surface area contributed by atoms with Gasteiger partial charge in [0, 0.05) is 54.7 Å². The van der Waals surface area contributed by atoms with Gasteiger partial charge in [0.05, 0.1) is 5.52 Å². The van der Waals surface area contributed by atoms with Gasteiger partial charge in [-0.15, -0.1) is 0 Å². The molecule has 1 saturated heterocycles. The molecule has 0 bridgehead atoms. The number of halogens is 2. The van der Waals surface area contributed by atoms with Gasteiger partial charge in [-0.05, 0) is 43.8 Å². The van der Waals surface area contributed by atoms with Crippen molar-refractivity contribution < 1.29 is 18.3 Å². The number of anilines is 4. The number of aromatic amines is 1. The van der Waals surface area contributed by atoms with Crippen LogP contribution < -0.4 is 20.3 Å². The van der Waals surface area contributed by atoms with Crippen LogP contribution >= 0.6 is 0 Å². The van der Waals surface area contributed by atoms with E-state index in [0.29, 0.717) is 12.1 Å². The van der Waals surface area contributed by atoms with E-state index in [1.54, 1.807) is 6.92 Å². The van der Waals surface area contributed by atoms with E-state index in [9.17, 15) is 9.18 Å². The molecule has 3 heterocycles. The van der Waals surface area contributed by atoms with Crippen LogP contribution in [0, 0.1) is 18.6 Å². The Morgan fingerprint density at radius 2 is 1.86 bits per heavy atom. The average Bonchev–Trinajstić information content (AvgIpc) is 3.32. The van der Waals surface area contributed by atoms with Gasteiger partial charge >= 0.3 is 0 Å². The Bertz CT molecular complexity index is 1420. The number of hydrogen-bond donors (Lipinski definition) is 3. The van der Waals surface area contributed by atoms with Crippen LogP contribution in [0.2, 0.25) is 0 Å². The largest absolute Gasteiger partial charge is 0.434 e. The quantitative estimate of drug-likeness (QED) is 0.295. The van der Waals surface area contributed by atoms with Gasteiger partial charge in [-0.3, -0.25) is 4.79 Å². The molecule has 0 aliphatic carbocycles. The van der Waals surface area contributed by atoms with Gasteiger partial charge < -0.3 is 30.2 Å². The Morgan fingerprint density at radius 1 is 1.11 bits per heavy atom. The Morgan fingerprint density at radius 3 is 2.57 bits per heavy atom. The van der Waals surface area contributed by atoms with Crippen LogP contribution in [-0.4, -0.2) is 59.0 Å². The number of H-pyrrole nitrogens is 1. The molecule has 2 aromatic carbocycles. The number of nitrogens with zero attached hydrogens (tertiary/aromatic N) is 4. The first-order valence-corrected chi connectivity index (χ1v) is 12.0. The van der Waals surface area contributed by atoms with E-state index in [2.05, 4.69) is 42.3 Å². The summed E-state index contributed by atoms with van der Waals surface area (Å²) in [6.45, 7) is 8.92. The van der Waals surface area contributed by atoms with Crippen LogP contribution in [0.1, 0.15) is 12.6 Å². The molecule has 5 rings (SSSR count). The number of benzene rings is 2. The molecule has 1 amide bonds. The molecule has 0 unspecified atom stereocenters. The minimum Gasteiger partial charge on any atom is -0.434 e. The van der Waals surface area contributed by atoms with Gasteiger partial charge in [-0.25, -0.2) is 13.8 Å². The highest BCUT2D eigenvalue weighted by atomic mass is 19.1.